The molecule has 0 saturated heterocycles. The van der Waals surface area contributed by atoms with Gasteiger partial charge in [0.1, 0.15) is 0 Å². The minimum absolute atomic E-state index is 0.00430. The summed E-state index contributed by atoms with van der Waals surface area (Å²) in [5.74, 6) is 0. The molecule has 0 heterocycles. The molecule has 0 aliphatic heterocycles. The number of aliphatic imine (C=N–C) groups is 1. The summed E-state index contributed by atoms with van der Waals surface area (Å²) in [7, 11) is 0. The van der Waals surface area contributed by atoms with Crippen molar-refractivity contribution in [2.24, 2.45) is 4.99 Å². The van der Waals surface area contributed by atoms with Crippen LogP contribution in [0.15, 0.2) is 27.0 Å². The molecule has 0 spiro atoms. The molecule has 1 rings (SSSR count). The van der Waals surface area contributed by atoms with Crippen molar-refractivity contribution >= 4 is 5.71 Å². The van der Waals surface area contributed by atoms with Crippen LogP contribution in [0.5, 0.6) is 0 Å². The zero-order valence-corrected chi connectivity index (χ0v) is 13.0. The van der Waals surface area contributed by atoms with Crippen LogP contribution in [0, 0.1) is 0 Å². The van der Waals surface area contributed by atoms with E-state index < -0.39 is 20.2 Å². The second kappa shape index (κ2) is 5.97. The topological polar surface area (TPSA) is 21.6 Å². The van der Waals surface area contributed by atoms with Gasteiger partial charge < -0.3 is 0 Å². The number of hydrogen-bond donors (Lipinski definition) is 0. The molecule has 1 unspecified atom stereocenters. The first-order valence-electron chi connectivity index (χ1n) is 5.78. The second-order valence-electron chi connectivity index (χ2n) is 4.99. The molecule has 16 heavy (non-hydrogen) atoms. The molecule has 1 aliphatic rings. The summed E-state index contributed by atoms with van der Waals surface area (Å²) >= 11 is -0.722. The summed E-state index contributed by atoms with van der Waals surface area (Å²) in [6, 6.07) is 0. The standard InChI is InChI=1S/C9H12N.C4H9O.Nb/c1-9(2,3)10-8-6-4-5-7-8;1-3-4(2)5;/h4-6H,1-3H3;4H,3H2,1-2H3;/q;-1;+1. The predicted molar refractivity (Wildman–Crippen MR) is 65.2 cm³/mol. The van der Waals surface area contributed by atoms with Gasteiger partial charge in [0.05, 0.1) is 0 Å². The van der Waals surface area contributed by atoms with Crippen LogP contribution in [0.25, 0.3) is 0 Å². The maximum absolute atomic E-state index is 5.88. The van der Waals surface area contributed by atoms with E-state index in [9.17, 15) is 0 Å². The molecule has 0 aromatic carbocycles. The summed E-state index contributed by atoms with van der Waals surface area (Å²) in [6.07, 6.45) is 7.80. The zero-order chi connectivity index (χ0) is 12.2. The summed E-state index contributed by atoms with van der Waals surface area (Å²) in [6.45, 7) is 10.7. The normalized spacial score (nSPS) is 20.1. The van der Waals surface area contributed by atoms with Gasteiger partial charge in [-0.3, -0.25) is 0 Å². The van der Waals surface area contributed by atoms with E-state index in [1.165, 1.54) is 3.79 Å². The third kappa shape index (κ3) is 4.79. The molecule has 0 saturated carbocycles. The molecule has 89 valence electrons. The Morgan fingerprint density at radius 2 is 2.12 bits per heavy atom. The van der Waals surface area contributed by atoms with E-state index in [0.29, 0.717) is 6.10 Å². The Balaban J connectivity index is 2.59. The zero-order valence-electron chi connectivity index (χ0n) is 10.8. The Bertz CT molecular complexity index is 323. The van der Waals surface area contributed by atoms with Gasteiger partial charge >= 0.3 is 109 Å². The molecule has 1 aliphatic carbocycles. The fourth-order valence-corrected chi connectivity index (χ4v) is 3.14. The molecule has 1 atom stereocenters. The Morgan fingerprint density at radius 3 is 2.69 bits per heavy atom. The molecule has 3 heteroatoms. The molecular formula is C13H21NNbO. The number of rotatable bonds is 4. The van der Waals surface area contributed by atoms with Crippen LogP contribution < -0.4 is 0 Å². The van der Waals surface area contributed by atoms with Gasteiger partial charge in [-0.05, 0) is 0 Å². The summed E-state index contributed by atoms with van der Waals surface area (Å²) < 4.78 is 7.22. The number of nitrogens with zero attached hydrogens (tertiary/aromatic N) is 1. The number of allylic oxidation sites excluding steroid dienone is 4. The van der Waals surface area contributed by atoms with E-state index in [1.54, 1.807) is 0 Å². The SMILES string of the molecule is CCC(C)[O][Nb][C]1=CC=CC1=NC(C)(C)C. The molecule has 0 N–H and O–H groups in total. The van der Waals surface area contributed by atoms with E-state index in [4.69, 9.17) is 8.24 Å². The quantitative estimate of drug-likeness (QED) is 0.728. The van der Waals surface area contributed by atoms with Crippen molar-refractivity contribution in [1.82, 2.24) is 0 Å². The van der Waals surface area contributed by atoms with Crippen molar-refractivity contribution in [3.05, 3.63) is 22.0 Å². The molecule has 0 fully saturated rings. The maximum atomic E-state index is 5.88. The van der Waals surface area contributed by atoms with E-state index in [1.807, 2.05) is 0 Å². The van der Waals surface area contributed by atoms with Crippen LogP contribution in [0.3, 0.4) is 0 Å². The minimum atomic E-state index is -0.722. The first-order chi connectivity index (χ1) is 7.42. The molecule has 0 aromatic heterocycles. The molecule has 0 bridgehead atoms. The third-order valence-electron chi connectivity index (χ3n) is 2.13. The molecular weight excluding hydrogens is 279 g/mol. The Hall–Kier alpha value is -0.150. The average molecular weight is 300 g/mol. The monoisotopic (exact) mass is 300 g/mol. The van der Waals surface area contributed by atoms with Crippen molar-refractivity contribution in [3.63, 3.8) is 0 Å². The van der Waals surface area contributed by atoms with Gasteiger partial charge in [0.15, 0.2) is 0 Å². The van der Waals surface area contributed by atoms with Crippen LogP contribution in [0.1, 0.15) is 41.0 Å². The first-order valence-corrected chi connectivity index (χ1v) is 7.77. The van der Waals surface area contributed by atoms with E-state index in [-0.39, 0.29) is 5.54 Å². The molecule has 0 amide bonds. The van der Waals surface area contributed by atoms with Gasteiger partial charge in [0.25, 0.3) is 0 Å². The fourth-order valence-electron chi connectivity index (χ4n) is 1.16. The van der Waals surface area contributed by atoms with Crippen LogP contribution in [0.4, 0.5) is 0 Å². The van der Waals surface area contributed by atoms with E-state index in [0.717, 1.165) is 12.1 Å². The Labute approximate surface area is 109 Å². The van der Waals surface area contributed by atoms with Gasteiger partial charge in [-0.1, -0.05) is 0 Å². The van der Waals surface area contributed by atoms with Crippen molar-refractivity contribution in [1.29, 1.82) is 0 Å². The van der Waals surface area contributed by atoms with E-state index >= 15 is 0 Å². The molecule has 0 radical (unpaired) electrons. The van der Waals surface area contributed by atoms with Crippen LogP contribution in [-0.4, -0.2) is 17.4 Å². The second-order valence-corrected chi connectivity index (χ2v) is 7.15. The van der Waals surface area contributed by atoms with Crippen LogP contribution in [0.2, 0.25) is 0 Å². The van der Waals surface area contributed by atoms with Crippen molar-refractivity contribution in [2.75, 3.05) is 0 Å². The van der Waals surface area contributed by atoms with Crippen molar-refractivity contribution in [2.45, 2.75) is 52.7 Å². The van der Waals surface area contributed by atoms with Crippen LogP contribution in [-0.2, 0) is 23.4 Å². The summed E-state index contributed by atoms with van der Waals surface area (Å²) in [5, 5.41) is 0. The summed E-state index contributed by atoms with van der Waals surface area (Å²) in [5.41, 5.74) is 1.13. The molecule has 2 nitrogen and oxygen atoms in total. The van der Waals surface area contributed by atoms with Gasteiger partial charge in [0.2, 0.25) is 0 Å². The van der Waals surface area contributed by atoms with Crippen molar-refractivity contribution in [3.8, 4) is 0 Å². The molecule has 0 aromatic rings. The Morgan fingerprint density at radius 1 is 1.44 bits per heavy atom. The van der Waals surface area contributed by atoms with Crippen LogP contribution >= 0.6 is 0 Å². The Kier molecular flexibility index (Phi) is 5.19. The first kappa shape index (κ1) is 13.9. The average Bonchev–Trinajstić information content (AvgIpc) is 2.59. The number of hydrogen-bond acceptors (Lipinski definition) is 2. The van der Waals surface area contributed by atoms with Gasteiger partial charge in [0, 0.05) is 0 Å². The van der Waals surface area contributed by atoms with E-state index in [2.05, 4.69) is 52.8 Å². The fraction of sp³-hybridized carbons (Fsp3) is 0.615. The summed E-state index contributed by atoms with van der Waals surface area (Å²) in [4.78, 5) is 4.71. The van der Waals surface area contributed by atoms with Gasteiger partial charge in [-0.25, -0.2) is 0 Å². The van der Waals surface area contributed by atoms with Gasteiger partial charge in [-0.2, -0.15) is 0 Å². The third-order valence-corrected chi connectivity index (χ3v) is 4.69. The van der Waals surface area contributed by atoms with Gasteiger partial charge in [-0.15, -0.1) is 0 Å². The predicted octanol–water partition coefficient (Wildman–Crippen LogP) is 3.49. The van der Waals surface area contributed by atoms with Crippen molar-refractivity contribution < 1.29 is 23.4 Å².